The number of amides is 1. The summed E-state index contributed by atoms with van der Waals surface area (Å²) in [4.78, 5) is 12.8. The Balaban J connectivity index is 2.18. The van der Waals surface area contributed by atoms with E-state index in [2.05, 4.69) is 0 Å². The van der Waals surface area contributed by atoms with Gasteiger partial charge in [0.15, 0.2) is 0 Å². The molecule has 1 aromatic carbocycles. The highest BCUT2D eigenvalue weighted by Crippen LogP contribution is 2.24. The Labute approximate surface area is 103 Å². The molecule has 0 unspecified atom stereocenters. The Morgan fingerprint density at radius 1 is 1.38 bits per heavy atom. The van der Waals surface area contributed by atoms with Crippen molar-refractivity contribution in [1.29, 1.82) is 0 Å². The van der Waals surface area contributed by atoms with Crippen molar-refractivity contribution in [1.82, 2.24) is 4.90 Å². The minimum atomic E-state index is -0.136. The fourth-order valence-electron chi connectivity index (χ4n) is 1.52. The number of hydrogen-bond donors (Lipinski definition) is 1. The molecule has 1 amide bonds. The van der Waals surface area contributed by atoms with Crippen molar-refractivity contribution in [2.24, 2.45) is 0 Å². The van der Waals surface area contributed by atoms with Crippen LogP contribution in [-0.2, 0) is 11.3 Å². The zero-order valence-electron chi connectivity index (χ0n) is 8.28. The van der Waals surface area contributed by atoms with Crippen molar-refractivity contribution in [2.45, 2.75) is 13.0 Å². The first-order valence-corrected chi connectivity index (χ1v) is 5.45. The number of rotatable bonds is 2. The summed E-state index contributed by atoms with van der Waals surface area (Å²) >= 11 is 11.8. The smallest absolute Gasteiger partial charge is 0.234 e. The summed E-state index contributed by atoms with van der Waals surface area (Å²) < 4.78 is 0. The minimum absolute atomic E-state index is 0.0607. The second-order valence-electron chi connectivity index (χ2n) is 3.55. The van der Waals surface area contributed by atoms with Gasteiger partial charge in [0.25, 0.3) is 0 Å². The van der Waals surface area contributed by atoms with Gasteiger partial charge < -0.3 is 10.0 Å². The Hall–Kier alpha value is -1.19. The first-order chi connectivity index (χ1) is 7.56. The van der Waals surface area contributed by atoms with Crippen LogP contribution in [0.25, 0.3) is 0 Å². The fraction of sp³-hybridized carbons (Fsp3) is 0.182. The van der Waals surface area contributed by atoms with E-state index in [0.717, 1.165) is 5.56 Å². The number of benzene rings is 1. The number of aliphatic hydroxyl groups excluding tert-OH is 1. The van der Waals surface area contributed by atoms with Crippen LogP contribution in [-0.4, -0.2) is 15.9 Å². The second kappa shape index (κ2) is 4.36. The molecule has 0 saturated carbocycles. The Morgan fingerprint density at radius 3 is 2.69 bits per heavy atom. The van der Waals surface area contributed by atoms with Crippen LogP contribution in [0.4, 0.5) is 0 Å². The number of hydrogen-bond acceptors (Lipinski definition) is 2. The lowest BCUT2D eigenvalue weighted by atomic mass is 10.2. The average Bonchev–Trinajstić information content (AvgIpc) is 2.50. The van der Waals surface area contributed by atoms with Crippen LogP contribution >= 0.6 is 23.2 Å². The summed E-state index contributed by atoms with van der Waals surface area (Å²) in [5.41, 5.74) is 0.797. The molecule has 1 aliphatic heterocycles. The van der Waals surface area contributed by atoms with Crippen molar-refractivity contribution < 1.29 is 9.90 Å². The second-order valence-corrected chi connectivity index (χ2v) is 4.40. The largest absolute Gasteiger partial charge is 0.510 e. The summed E-state index contributed by atoms with van der Waals surface area (Å²) in [6.45, 7) is 0.346. The maximum absolute atomic E-state index is 11.4. The summed E-state index contributed by atoms with van der Waals surface area (Å²) in [5, 5.41) is 10.3. The van der Waals surface area contributed by atoms with E-state index in [1.54, 1.807) is 18.2 Å². The number of halogens is 2. The fourth-order valence-corrected chi connectivity index (χ4v) is 1.99. The summed E-state index contributed by atoms with van der Waals surface area (Å²) in [7, 11) is 0. The molecule has 0 bridgehead atoms. The van der Waals surface area contributed by atoms with E-state index >= 15 is 0 Å². The van der Waals surface area contributed by atoms with Gasteiger partial charge in [-0.05, 0) is 17.7 Å². The third-order valence-corrected chi connectivity index (χ3v) is 2.90. The van der Waals surface area contributed by atoms with Crippen molar-refractivity contribution in [2.75, 3.05) is 0 Å². The molecule has 0 aliphatic carbocycles. The van der Waals surface area contributed by atoms with Gasteiger partial charge in [-0.25, -0.2) is 0 Å². The van der Waals surface area contributed by atoms with Crippen LogP contribution in [0.2, 0.25) is 10.0 Å². The highest BCUT2D eigenvalue weighted by atomic mass is 35.5. The van der Waals surface area contributed by atoms with Gasteiger partial charge in [0.05, 0.1) is 13.0 Å². The van der Waals surface area contributed by atoms with Gasteiger partial charge in [0.1, 0.15) is 5.76 Å². The van der Waals surface area contributed by atoms with Crippen LogP contribution in [0.1, 0.15) is 12.0 Å². The van der Waals surface area contributed by atoms with Crippen LogP contribution in [0.3, 0.4) is 0 Å². The van der Waals surface area contributed by atoms with Crippen LogP contribution in [0, 0.1) is 0 Å². The topological polar surface area (TPSA) is 40.5 Å². The summed E-state index contributed by atoms with van der Waals surface area (Å²) in [6, 6.07) is 5.11. The van der Waals surface area contributed by atoms with Gasteiger partial charge in [0.2, 0.25) is 5.91 Å². The van der Waals surface area contributed by atoms with Gasteiger partial charge in [-0.2, -0.15) is 0 Å². The van der Waals surface area contributed by atoms with Gasteiger partial charge in [-0.15, -0.1) is 0 Å². The molecule has 3 nitrogen and oxygen atoms in total. The van der Waals surface area contributed by atoms with E-state index in [-0.39, 0.29) is 18.1 Å². The highest BCUT2D eigenvalue weighted by Gasteiger charge is 2.21. The number of carbonyl (C=O) groups excluding carboxylic acids is 1. The molecule has 16 heavy (non-hydrogen) atoms. The van der Waals surface area contributed by atoms with E-state index in [4.69, 9.17) is 23.2 Å². The lowest BCUT2D eigenvalue weighted by Crippen LogP contribution is -2.20. The van der Waals surface area contributed by atoms with E-state index in [9.17, 15) is 9.90 Å². The SMILES string of the molecule is O=C1CC(O)=CN1Cc1ccc(Cl)cc1Cl. The van der Waals surface area contributed by atoms with Crippen molar-refractivity contribution in [3.05, 3.63) is 45.8 Å². The van der Waals surface area contributed by atoms with Crippen LogP contribution < -0.4 is 0 Å². The highest BCUT2D eigenvalue weighted by molar-refractivity contribution is 6.35. The van der Waals surface area contributed by atoms with Crippen molar-refractivity contribution in [3.8, 4) is 0 Å². The predicted molar refractivity (Wildman–Crippen MR) is 62.3 cm³/mol. The maximum Gasteiger partial charge on any atom is 0.234 e. The first-order valence-electron chi connectivity index (χ1n) is 4.69. The van der Waals surface area contributed by atoms with Crippen LogP contribution in [0.5, 0.6) is 0 Å². The first kappa shape index (κ1) is 11.3. The molecule has 0 fully saturated rings. The molecule has 2 rings (SSSR count). The third kappa shape index (κ3) is 2.31. The van der Waals surface area contributed by atoms with E-state index in [1.165, 1.54) is 11.1 Å². The third-order valence-electron chi connectivity index (χ3n) is 2.31. The molecule has 1 aliphatic rings. The predicted octanol–water partition coefficient (Wildman–Crippen LogP) is 3.13. The normalized spacial score (nSPS) is 15.5. The minimum Gasteiger partial charge on any atom is -0.510 e. The number of carbonyl (C=O) groups is 1. The molecule has 0 atom stereocenters. The number of nitrogens with zero attached hydrogens (tertiary/aromatic N) is 1. The molecule has 1 heterocycles. The summed E-state index contributed by atoms with van der Waals surface area (Å²) in [6.07, 6.45) is 1.48. The lowest BCUT2D eigenvalue weighted by molar-refractivity contribution is -0.127. The quantitative estimate of drug-likeness (QED) is 0.885. The molecule has 0 spiro atoms. The lowest BCUT2D eigenvalue weighted by Gasteiger charge is -2.14. The van der Waals surface area contributed by atoms with Gasteiger partial charge in [-0.3, -0.25) is 4.79 Å². The molecule has 5 heteroatoms. The Kier molecular flexibility index (Phi) is 3.08. The monoisotopic (exact) mass is 257 g/mol. The van der Waals surface area contributed by atoms with Gasteiger partial charge in [0, 0.05) is 16.2 Å². The summed E-state index contributed by atoms with van der Waals surface area (Å²) in [5.74, 6) is -0.0568. The molecular formula is C11H9Cl2NO2. The number of aliphatic hydroxyl groups is 1. The van der Waals surface area contributed by atoms with E-state index < -0.39 is 0 Å². The van der Waals surface area contributed by atoms with Crippen LogP contribution in [0.15, 0.2) is 30.2 Å². The van der Waals surface area contributed by atoms with Crippen molar-refractivity contribution in [3.63, 3.8) is 0 Å². The molecular weight excluding hydrogens is 249 g/mol. The molecule has 0 saturated heterocycles. The standard InChI is InChI=1S/C11H9Cl2NO2/c12-8-2-1-7(10(13)3-8)5-14-6-9(15)4-11(14)16/h1-3,6,15H,4-5H2. The molecule has 1 N–H and O–H groups in total. The Bertz CT molecular complexity index is 471. The zero-order chi connectivity index (χ0) is 11.7. The maximum atomic E-state index is 11.4. The zero-order valence-corrected chi connectivity index (χ0v) is 9.79. The average molecular weight is 258 g/mol. The molecule has 1 aromatic rings. The van der Waals surface area contributed by atoms with Gasteiger partial charge in [-0.1, -0.05) is 29.3 Å². The van der Waals surface area contributed by atoms with Gasteiger partial charge >= 0.3 is 0 Å². The van der Waals surface area contributed by atoms with E-state index in [0.29, 0.717) is 16.6 Å². The molecule has 0 aromatic heterocycles. The Morgan fingerprint density at radius 2 is 2.12 bits per heavy atom. The molecule has 0 radical (unpaired) electrons. The molecule has 84 valence electrons. The van der Waals surface area contributed by atoms with E-state index in [1.807, 2.05) is 0 Å². The van der Waals surface area contributed by atoms with Crippen molar-refractivity contribution >= 4 is 29.1 Å².